The number of benzene rings is 1. The number of nitrogens with zero attached hydrogens (tertiary/aromatic N) is 2. The predicted octanol–water partition coefficient (Wildman–Crippen LogP) is 4.57. The highest BCUT2D eigenvalue weighted by atomic mass is 79.9. The molecule has 0 N–H and O–H groups in total. The molecule has 0 aliphatic heterocycles. The number of aromatic nitrogens is 2. The Morgan fingerprint density at radius 2 is 2.00 bits per heavy atom. The van der Waals surface area contributed by atoms with E-state index in [1.54, 1.807) is 0 Å². The van der Waals surface area contributed by atoms with Gasteiger partial charge in [-0.25, -0.2) is 0 Å². The van der Waals surface area contributed by atoms with Gasteiger partial charge in [-0.1, -0.05) is 18.2 Å². The van der Waals surface area contributed by atoms with Gasteiger partial charge in [0.1, 0.15) is 0 Å². The smallest absolute Gasteiger partial charge is 0.0739 e. The van der Waals surface area contributed by atoms with Crippen molar-refractivity contribution >= 4 is 27.7 Å². The zero-order valence-electron chi connectivity index (χ0n) is 10.9. The van der Waals surface area contributed by atoms with Gasteiger partial charge in [0.2, 0.25) is 0 Å². The van der Waals surface area contributed by atoms with Gasteiger partial charge in [-0.3, -0.25) is 4.68 Å². The summed E-state index contributed by atoms with van der Waals surface area (Å²) in [5.41, 5.74) is 3.67. The fourth-order valence-electron chi connectivity index (χ4n) is 1.87. The van der Waals surface area contributed by atoms with Crippen molar-refractivity contribution in [1.29, 1.82) is 0 Å². The van der Waals surface area contributed by atoms with E-state index >= 15 is 0 Å². The van der Waals surface area contributed by atoms with Crippen LogP contribution in [0.1, 0.15) is 23.9 Å². The lowest BCUT2D eigenvalue weighted by Gasteiger charge is -2.07. The second-order valence-corrected chi connectivity index (χ2v) is 6.03. The van der Waals surface area contributed by atoms with E-state index in [0.29, 0.717) is 0 Å². The highest BCUT2D eigenvalue weighted by Crippen LogP contribution is 2.30. The first-order valence-electron chi connectivity index (χ1n) is 6.03. The van der Waals surface area contributed by atoms with Crippen LogP contribution >= 0.6 is 27.7 Å². The summed E-state index contributed by atoms with van der Waals surface area (Å²) in [7, 11) is 0. The van der Waals surface area contributed by atoms with Crippen molar-refractivity contribution in [3.8, 4) is 0 Å². The van der Waals surface area contributed by atoms with E-state index in [-0.39, 0.29) is 0 Å². The van der Waals surface area contributed by atoms with Gasteiger partial charge in [-0.2, -0.15) is 5.10 Å². The maximum atomic E-state index is 4.52. The molecule has 18 heavy (non-hydrogen) atoms. The number of aryl methyl sites for hydroxylation is 3. The number of hydrogen-bond acceptors (Lipinski definition) is 2. The summed E-state index contributed by atoms with van der Waals surface area (Å²) in [5.74, 6) is 0.945. The Hall–Kier alpha value is -0.740. The molecule has 0 spiro atoms. The van der Waals surface area contributed by atoms with Crippen molar-refractivity contribution in [3.05, 3.63) is 45.7 Å². The van der Waals surface area contributed by atoms with Gasteiger partial charge >= 0.3 is 0 Å². The summed E-state index contributed by atoms with van der Waals surface area (Å²) in [4.78, 5) is 1.34. The van der Waals surface area contributed by atoms with E-state index < -0.39 is 0 Å². The van der Waals surface area contributed by atoms with E-state index in [1.165, 1.54) is 16.2 Å². The molecular formula is C14H17BrN2S. The molecule has 0 amide bonds. The van der Waals surface area contributed by atoms with Crippen molar-refractivity contribution < 1.29 is 0 Å². The molecule has 0 unspecified atom stereocenters. The summed E-state index contributed by atoms with van der Waals surface area (Å²) in [6, 6.07) is 8.50. The first-order chi connectivity index (χ1) is 8.63. The lowest BCUT2D eigenvalue weighted by atomic mass is 10.2. The SMILES string of the molecule is CCn1nc(C)c(Br)c1CSc1ccccc1C. The zero-order valence-corrected chi connectivity index (χ0v) is 13.3. The molecule has 1 aromatic carbocycles. The van der Waals surface area contributed by atoms with Crippen molar-refractivity contribution in [2.24, 2.45) is 0 Å². The maximum Gasteiger partial charge on any atom is 0.0739 e. The molecule has 0 saturated carbocycles. The van der Waals surface area contributed by atoms with Crippen molar-refractivity contribution in [2.45, 2.75) is 38.0 Å². The van der Waals surface area contributed by atoms with Crippen LogP contribution in [0.4, 0.5) is 0 Å². The minimum Gasteiger partial charge on any atom is -0.268 e. The maximum absolute atomic E-state index is 4.52. The average Bonchev–Trinajstić information content (AvgIpc) is 2.65. The molecule has 96 valence electrons. The van der Waals surface area contributed by atoms with Gasteiger partial charge < -0.3 is 0 Å². The molecule has 4 heteroatoms. The van der Waals surface area contributed by atoms with Gasteiger partial charge in [-0.15, -0.1) is 11.8 Å². The predicted molar refractivity (Wildman–Crippen MR) is 81.1 cm³/mol. The molecule has 2 rings (SSSR count). The Morgan fingerprint density at radius 3 is 2.67 bits per heavy atom. The highest BCUT2D eigenvalue weighted by molar-refractivity contribution is 9.10. The third-order valence-electron chi connectivity index (χ3n) is 2.91. The van der Waals surface area contributed by atoms with Crippen LogP contribution in [0.2, 0.25) is 0 Å². The highest BCUT2D eigenvalue weighted by Gasteiger charge is 2.12. The molecule has 1 aromatic heterocycles. The van der Waals surface area contributed by atoms with Crippen LogP contribution in [0.25, 0.3) is 0 Å². The van der Waals surface area contributed by atoms with Crippen LogP contribution in [0.15, 0.2) is 33.6 Å². The number of rotatable bonds is 4. The minimum atomic E-state index is 0.913. The number of hydrogen-bond donors (Lipinski definition) is 0. The molecule has 0 atom stereocenters. The molecular weight excluding hydrogens is 308 g/mol. The second kappa shape index (κ2) is 5.93. The molecule has 1 heterocycles. The van der Waals surface area contributed by atoms with Gasteiger partial charge in [0.05, 0.1) is 15.9 Å². The lowest BCUT2D eigenvalue weighted by Crippen LogP contribution is -2.01. The molecule has 2 aromatic rings. The summed E-state index contributed by atoms with van der Waals surface area (Å²) in [6.45, 7) is 7.23. The molecule has 0 radical (unpaired) electrons. The fraction of sp³-hybridized carbons (Fsp3) is 0.357. The van der Waals surface area contributed by atoms with Crippen LogP contribution in [0.3, 0.4) is 0 Å². The Morgan fingerprint density at radius 1 is 1.28 bits per heavy atom. The second-order valence-electron chi connectivity index (χ2n) is 4.22. The Bertz CT molecular complexity index is 549. The average molecular weight is 325 g/mol. The zero-order chi connectivity index (χ0) is 13.1. The quantitative estimate of drug-likeness (QED) is 0.766. The summed E-state index contributed by atoms with van der Waals surface area (Å²) in [5, 5.41) is 4.52. The van der Waals surface area contributed by atoms with Gasteiger partial charge in [0.15, 0.2) is 0 Å². The minimum absolute atomic E-state index is 0.913. The van der Waals surface area contributed by atoms with Crippen molar-refractivity contribution in [2.75, 3.05) is 0 Å². The van der Waals surface area contributed by atoms with Crippen LogP contribution in [-0.2, 0) is 12.3 Å². The third kappa shape index (κ3) is 2.81. The van der Waals surface area contributed by atoms with E-state index in [0.717, 1.165) is 22.5 Å². The van der Waals surface area contributed by atoms with E-state index in [2.05, 4.69) is 63.8 Å². The number of halogens is 1. The van der Waals surface area contributed by atoms with Crippen molar-refractivity contribution in [1.82, 2.24) is 9.78 Å². The lowest BCUT2D eigenvalue weighted by molar-refractivity contribution is 0.631. The Kier molecular flexibility index (Phi) is 4.51. The van der Waals surface area contributed by atoms with Gasteiger partial charge in [0, 0.05) is 17.2 Å². The van der Waals surface area contributed by atoms with Gasteiger partial charge in [0.25, 0.3) is 0 Å². The van der Waals surface area contributed by atoms with E-state index in [4.69, 9.17) is 0 Å². The van der Waals surface area contributed by atoms with Gasteiger partial charge in [-0.05, 0) is 48.3 Å². The molecule has 0 fully saturated rings. The Balaban J connectivity index is 2.18. The third-order valence-corrected chi connectivity index (χ3v) is 5.13. The molecule has 2 nitrogen and oxygen atoms in total. The molecule has 0 saturated heterocycles. The van der Waals surface area contributed by atoms with E-state index in [1.807, 2.05) is 18.7 Å². The normalized spacial score (nSPS) is 10.9. The van der Waals surface area contributed by atoms with Crippen molar-refractivity contribution in [3.63, 3.8) is 0 Å². The van der Waals surface area contributed by atoms with E-state index in [9.17, 15) is 0 Å². The molecule has 0 bridgehead atoms. The summed E-state index contributed by atoms with van der Waals surface area (Å²) in [6.07, 6.45) is 0. The van der Waals surface area contributed by atoms with Crippen LogP contribution in [0, 0.1) is 13.8 Å². The van der Waals surface area contributed by atoms with Crippen LogP contribution < -0.4 is 0 Å². The summed E-state index contributed by atoms with van der Waals surface area (Å²) >= 11 is 5.50. The largest absolute Gasteiger partial charge is 0.268 e. The monoisotopic (exact) mass is 324 g/mol. The molecule has 0 aliphatic carbocycles. The first-order valence-corrected chi connectivity index (χ1v) is 7.81. The topological polar surface area (TPSA) is 17.8 Å². The fourth-order valence-corrected chi connectivity index (χ4v) is 3.54. The number of thioether (sulfide) groups is 1. The van der Waals surface area contributed by atoms with Crippen LogP contribution in [-0.4, -0.2) is 9.78 Å². The molecule has 0 aliphatic rings. The van der Waals surface area contributed by atoms with Crippen LogP contribution in [0.5, 0.6) is 0 Å². The Labute approximate surface area is 121 Å². The standard InChI is InChI=1S/C14H17BrN2S/c1-4-17-12(14(15)11(3)16-17)9-18-13-8-6-5-7-10(13)2/h5-8H,4,9H2,1-3H3. The first kappa shape index (κ1) is 13.7. The summed E-state index contributed by atoms with van der Waals surface area (Å²) < 4.78 is 3.22.